The number of nitrogens with one attached hydrogen (secondary N) is 1. The second-order valence-corrected chi connectivity index (χ2v) is 7.13. The summed E-state index contributed by atoms with van der Waals surface area (Å²) >= 11 is 1.67. The fraction of sp³-hybridized carbons (Fsp3) is 0.438. The maximum atomic E-state index is 4.64. The molecule has 3 aromatic heterocycles. The van der Waals surface area contributed by atoms with E-state index in [1.165, 1.54) is 12.0 Å². The van der Waals surface area contributed by atoms with Gasteiger partial charge in [-0.1, -0.05) is 17.4 Å². The van der Waals surface area contributed by atoms with E-state index in [-0.39, 0.29) is 0 Å². The van der Waals surface area contributed by atoms with Crippen molar-refractivity contribution in [2.24, 2.45) is 5.92 Å². The summed E-state index contributed by atoms with van der Waals surface area (Å²) in [5.41, 5.74) is 2.20. The summed E-state index contributed by atoms with van der Waals surface area (Å²) in [7, 11) is 0. The van der Waals surface area contributed by atoms with Crippen LogP contribution in [0.25, 0.3) is 4.96 Å². The number of rotatable bonds is 4. The zero-order valence-corrected chi connectivity index (χ0v) is 14.2. The van der Waals surface area contributed by atoms with E-state index in [1.807, 2.05) is 29.9 Å². The van der Waals surface area contributed by atoms with Gasteiger partial charge in [0.1, 0.15) is 5.82 Å². The highest BCUT2D eigenvalue weighted by Gasteiger charge is 2.25. The molecule has 23 heavy (non-hydrogen) atoms. The molecule has 4 heterocycles. The first-order chi connectivity index (χ1) is 11.2. The SMILES string of the molecule is Cc1ccc(NC[C@H]2CCN(c3nn4cc(C)nc4s3)C2)nc1. The van der Waals surface area contributed by atoms with Crippen molar-refractivity contribution in [1.82, 2.24) is 19.6 Å². The summed E-state index contributed by atoms with van der Waals surface area (Å²) in [6, 6.07) is 4.13. The van der Waals surface area contributed by atoms with Gasteiger partial charge in [-0.25, -0.2) is 14.5 Å². The lowest BCUT2D eigenvalue weighted by atomic mass is 10.1. The molecule has 120 valence electrons. The summed E-state index contributed by atoms with van der Waals surface area (Å²) in [6.45, 7) is 7.10. The third-order valence-corrected chi connectivity index (χ3v) is 5.18. The van der Waals surface area contributed by atoms with Gasteiger partial charge in [-0.3, -0.25) is 0 Å². The zero-order valence-electron chi connectivity index (χ0n) is 13.4. The van der Waals surface area contributed by atoms with E-state index in [0.29, 0.717) is 5.92 Å². The average Bonchev–Trinajstić information content (AvgIpc) is 3.20. The standard InChI is InChI=1S/C16H20N6S/c1-11-3-4-14(17-7-11)18-8-13-5-6-21(10-13)16-20-22-9-12(2)19-15(22)23-16/h3-4,7,9,13H,5-6,8,10H2,1-2H3,(H,17,18)/t13-/m1/s1. The predicted octanol–water partition coefficient (Wildman–Crippen LogP) is 2.74. The molecule has 0 saturated carbocycles. The number of anilines is 2. The van der Waals surface area contributed by atoms with Crippen molar-refractivity contribution in [2.45, 2.75) is 20.3 Å². The Kier molecular flexibility index (Phi) is 3.65. The van der Waals surface area contributed by atoms with Gasteiger partial charge in [0, 0.05) is 25.8 Å². The quantitative estimate of drug-likeness (QED) is 0.798. The van der Waals surface area contributed by atoms with Crippen LogP contribution in [0.4, 0.5) is 10.9 Å². The highest BCUT2D eigenvalue weighted by Crippen LogP contribution is 2.28. The molecule has 1 aliphatic rings. The van der Waals surface area contributed by atoms with Crippen LogP contribution >= 0.6 is 11.3 Å². The molecule has 1 fully saturated rings. The average molecular weight is 328 g/mol. The fourth-order valence-electron chi connectivity index (χ4n) is 2.92. The minimum atomic E-state index is 0.621. The van der Waals surface area contributed by atoms with Crippen LogP contribution in [0.1, 0.15) is 17.7 Å². The van der Waals surface area contributed by atoms with Gasteiger partial charge in [-0.2, -0.15) is 0 Å². The first kappa shape index (κ1) is 14.4. The van der Waals surface area contributed by atoms with Gasteiger partial charge < -0.3 is 10.2 Å². The topological polar surface area (TPSA) is 58.4 Å². The largest absolute Gasteiger partial charge is 0.370 e. The van der Waals surface area contributed by atoms with E-state index in [9.17, 15) is 0 Å². The molecule has 0 bridgehead atoms. The highest BCUT2D eigenvalue weighted by atomic mass is 32.1. The number of hydrogen-bond acceptors (Lipinski definition) is 6. The molecule has 6 nitrogen and oxygen atoms in total. The molecule has 4 rings (SSSR count). The molecule has 0 amide bonds. The van der Waals surface area contributed by atoms with Crippen LogP contribution in [-0.4, -0.2) is 39.2 Å². The molecule has 1 aliphatic heterocycles. The van der Waals surface area contributed by atoms with Crippen molar-refractivity contribution in [3.05, 3.63) is 35.8 Å². The Morgan fingerprint density at radius 3 is 3.04 bits per heavy atom. The fourth-order valence-corrected chi connectivity index (χ4v) is 3.88. The third-order valence-electron chi connectivity index (χ3n) is 4.19. The van der Waals surface area contributed by atoms with Crippen molar-refractivity contribution in [1.29, 1.82) is 0 Å². The van der Waals surface area contributed by atoms with E-state index in [0.717, 1.165) is 41.2 Å². The van der Waals surface area contributed by atoms with Crippen LogP contribution in [0.2, 0.25) is 0 Å². The molecular formula is C16H20N6S. The number of pyridine rings is 1. The number of hydrogen-bond donors (Lipinski definition) is 1. The van der Waals surface area contributed by atoms with Crippen molar-refractivity contribution >= 4 is 27.2 Å². The molecule has 0 spiro atoms. The summed E-state index contributed by atoms with van der Waals surface area (Å²) in [5, 5.41) is 9.16. The molecule has 0 aromatic carbocycles. The first-order valence-corrected chi connectivity index (χ1v) is 8.73. The molecule has 1 atom stereocenters. The summed E-state index contributed by atoms with van der Waals surface area (Å²) in [4.78, 5) is 12.2. The van der Waals surface area contributed by atoms with Crippen molar-refractivity contribution in [3.8, 4) is 0 Å². The van der Waals surface area contributed by atoms with Crippen molar-refractivity contribution < 1.29 is 0 Å². The lowest BCUT2D eigenvalue weighted by molar-refractivity contribution is 0.621. The van der Waals surface area contributed by atoms with Gasteiger partial charge in [0.25, 0.3) is 0 Å². The van der Waals surface area contributed by atoms with Gasteiger partial charge in [0.2, 0.25) is 10.1 Å². The minimum Gasteiger partial charge on any atom is -0.370 e. The van der Waals surface area contributed by atoms with Gasteiger partial charge in [0.05, 0.1) is 11.9 Å². The lowest BCUT2D eigenvalue weighted by Gasteiger charge is -2.15. The summed E-state index contributed by atoms with van der Waals surface area (Å²) in [6.07, 6.45) is 5.06. The van der Waals surface area contributed by atoms with E-state index in [2.05, 4.69) is 38.3 Å². The minimum absolute atomic E-state index is 0.621. The van der Waals surface area contributed by atoms with E-state index >= 15 is 0 Å². The van der Waals surface area contributed by atoms with Gasteiger partial charge in [-0.15, -0.1) is 5.10 Å². The van der Waals surface area contributed by atoms with Gasteiger partial charge in [0.15, 0.2) is 0 Å². The van der Waals surface area contributed by atoms with E-state index in [4.69, 9.17) is 0 Å². The normalized spacial score (nSPS) is 18.0. The summed E-state index contributed by atoms with van der Waals surface area (Å²) in [5.74, 6) is 1.58. The highest BCUT2D eigenvalue weighted by molar-refractivity contribution is 7.20. The van der Waals surface area contributed by atoms with Crippen LogP contribution < -0.4 is 10.2 Å². The van der Waals surface area contributed by atoms with Crippen LogP contribution in [0.15, 0.2) is 24.5 Å². The van der Waals surface area contributed by atoms with Crippen LogP contribution in [-0.2, 0) is 0 Å². The Bertz CT molecular complexity index is 774. The Hall–Kier alpha value is -2.15. The van der Waals surface area contributed by atoms with Crippen molar-refractivity contribution in [2.75, 3.05) is 29.9 Å². The number of aryl methyl sites for hydroxylation is 2. The van der Waals surface area contributed by atoms with Crippen LogP contribution in [0.5, 0.6) is 0 Å². The number of fused-ring (bicyclic) bond motifs is 1. The predicted molar refractivity (Wildman–Crippen MR) is 93.4 cm³/mol. The van der Waals surface area contributed by atoms with Crippen LogP contribution in [0, 0.1) is 19.8 Å². The van der Waals surface area contributed by atoms with E-state index in [1.54, 1.807) is 11.3 Å². The Morgan fingerprint density at radius 2 is 2.26 bits per heavy atom. The molecule has 0 unspecified atom stereocenters. The Morgan fingerprint density at radius 1 is 1.35 bits per heavy atom. The number of aromatic nitrogens is 4. The van der Waals surface area contributed by atoms with Gasteiger partial charge >= 0.3 is 0 Å². The lowest BCUT2D eigenvalue weighted by Crippen LogP contribution is -2.22. The molecule has 0 radical (unpaired) electrons. The van der Waals surface area contributed by atoms with Crippen LogP contribution in [0.3, 0.4) is 0 Å². The molecular weight excluding hydrogens is 308 g/mol. The molecule has 3 aromatic rings. The smallest absolute Gasteiger partial charge is 0.214 e. The van der Waals surface area contributed by atoms with Gasteiger partial charge in [-0.05, 0) is 37.8 Å². The Balaban J connectivity index is 1.36. The second-order valence-electron chi connectivity index (χ2n) is 6.20. The maximum absolute atomic E-state index is 4.64. The molecule has 0 aliphatic carbocycles. The van der Waals surface area contributed by atoms with Crippen molar-refractivity contribution in [3.63, 3.8) is 0 Å². The third kappa shape index (κ3) is 3.01. The zero-order chi connectivity index (χ0) is 15.8. The van der Waals surface area contributed by atoms with E-state index < -0.39 is 0 Å². The number of nitrogens with zero attached hydrogens (tertiary/aromatic N) is 5. The number of imidazole rings is 1. The Labute approximate surface area is 139 Å². The molecule has 1 N–H and O–H groups in total. The molecule has 1 saturated heterocycles. The first-order valence-electron chi connectivity index (χ1n) is 7.92. The molecule has 7 heteroatoms. The second kappa shape index (κ2) is 5.81. The summed E-state index contributed by atoms with van der Waals surface area (Å²) < 4.78 is 1.89. The maximum Gasteiger partial charge on any atom is 0.214 e. The monoisotopic (exact) mass is 328 g/mol.